The Hall–Kier alpha value is -2.55. The SMILES string of the molecule is CN(C)c1nccnc1-c1noc(C(CCCC2CCCCC2)CC(=O)NO)n1. The summed E-state index contributed by atoms with van der Waals surface area (Å²) in [5.74, 6) is 1.45. The van der Waals surface area contributed by atoms with Crippen LogP contribution in [0.5, 0.6) is 0 Å². The topological polar surface area (TPSA) is 117 Å². The Morgan fingerprint density at radius 1 is 1.28 bits per heavy atom. The highest BCUT2D eigenvalue weighted by Crippen LogP contribution is 2.32. The van der Waals surface area contributed by atoms with Crippen molar-refractivity contribution >= 4 is 11.7 Å². The first-order valence-corrected chi connectivity index (χ1v) is 10.3. The van der Waals surface area contributed by atoms with Gasteiger partial charge in [-0.15, -0.1) is 0 Å². The average Bonchev–Trinajstić information content (AvgIpc) is 3.23. The Bertz CT molecular complexity index is 788. The smallest absolute Gasteiger partial charge is 0.244 e. The van der Waals surface area contributed by atoms with Crippen LogP contribution < -0.4 is 10.4 Å². The van der Waals surface area contributed by atoms with E-state index in [0.29, 0.717) is 23.2 Å². The van der Waals surface area contributed by atoms with Gasteiger partial charge in [-0.05, 0) is 12.3 Å². The van der Waals surface area contributed by atoms with Gasteiger partial charge in [0.1, 0.15) is 0 Å². The third-order valence-corrected chi connectivity index (χ3v) is 5.55. The van der Waals surface area contributed by atoms with Crippen LogP contribution in [0.15, 0.2) is 16.9 Å². The van der Waals surface area contributed by atoms with Crippen LogP contribution in [0.1, 0.15) is 69.6 Å². The molecule has 1 aliphatic carbocycles. The number of hydrogen-bond donors (Lipinski definition) is 2. The lowest BCUT2D eigenvalue weighted by molar-refractivity contribution is -0.129. The van der Waals surface area contributed by atoms with E-state index in [4.69, 9.17) is 9.73 Å². The van der Waals surface area contributed by atoms with Crippen LogP contribution in [0.2, 0.25) is 0 Å². The van der Waals surface area contributed by atoms with Crippen molar-refractivity contribution in [1.29, 1.82) is 0 Å². The van der Waals surface area contributed by atoms with Crippen LogP contribution in [0.3, 0.4) is 0 Å². The number of carbonyl (C=O) groups is 1. The van der Waals surface area contributed by atoms with Crippen molar-refractivity contribution in [2.45, 2.75) is 63.7 Å². The summed E-state index contributed by atoms with van der Waals surface area (Å²) in [6.07, 6.45) is 12.8. The van der Waals surface area contributed by atoms with E-state index in [2.05, 4.69) is 20.1 Å². The molecule has 2 heterocycles. The summed E-state index contributed by atoms with van der Waals surface area (Å²) in [6, 6.07) is 0. The molecule has 0 aliphatic heterocycles. The number of hydroxylamine groups is 1. The first-order chi connectivity index (χ1) is 14.1. The number of aromatic nitrogens is 4. The lowest BCUT2D eigenvalue weighted by atomic mass is 9.84. The second kappa shape index (κ2) is 10.3. The summed E-state index contributed by atoms with van der Waals surface area (Å²) < 4.78 is 5.49. The lowest BCUT2D eigenvalue weighted by Crippen LogP contribution is -2.21. The maximum Gasteiger partial charge on any atom is 0.244 e. The molecule has 3 rings (SSSR count). The summed E-state index contributed by atoms with van der Waals surface area (Å²) in [5, 5.41) is 13.0. The normalized spacial score (nSPS) is 15.8. The number of carbonyl (C=O) groups excluding carboxylic acids is 1. The molecule has 1 unspecified atom stereocenters. The van der Waals surface area contributed by atoms with Crippen LogP contribution in [0.4, 0.5) is 5.82 Å². The fourth-order valence-electron chi connectivity index (χ4n) is 4.02. The number of rotatable bonds is 9. The van der Waals surface area contributed by atoms with E-state index < -0.39 is 5.91 Å². The number of anilines is 1. The van der Waals surface area contributed by atoms with Crippen molar-refractivity contribution in [2.75, 3.05) is 19.0 Å². The molecule has 1 atom stereocenters. The molecule has 2 N–H and O–H groups in total. The Labute approximate surface area is 170 Å². The molecular weight excluding hydrogens is 372 g/mol. The van der Waals surface area contributed by atoms with Crippen molar-refractivity contribution in [3.8, 4) is 11.5 Å². The fraction of sp³-hybridized carbons (Fsp3) is 0.650. The molecular formula is C20H30N6O3. The third kappa shape index (κ3) is 5.72. The van der Waals surface area contributed by atoms with E-state index in [1.54, 1.807) is 17.9 Å². The lowest BCUT2D eigenvalue weighted by Gasteiger charge is -2.22. The van der Waals surface area contributed by atoms with Crippen molar-refractivity contribution in [3.05, 3.63) is 18.3 Å². The summed E-state index contributed by atoms with van der Waals surface area (Å²) in [7, 11) is 3.74. The minimum Gasteiger partial charge on any atom is -0.361 e. The van der Waals surface area contributed by atoms with Crippen LogP contribution in [-0.4, -0.2) is 45.3 Å². The Morgan fingerprint density at radius 2 is 2.03 bits per heavy atom. The standard InChI is InChI=1S/C20H30N6O3/c1-26(2)19-17(21-11-12-22-19)18-23-20(29-25-18)15(13-16(27)24-28)10-6-9-14-7-4-3-5-8-14/h11-12,14-15,28H,3-10,13H2,1-2H3,(H,24,27). The van der Waals surface area contributed by atoms with Crippen LogP contribution in [0.25, 0.3) is 11.5 Å². The van der Waals surface area contributed by atoms with Crippen LogP contribution in [0, 0.1) is 5.92 Å². The van der Waals surface area contributed by atoms with Gasteiger partial charge in [-0.25, -0.2) is 15.4 Å². The largest absolute Gasteiger partial charge is 0.361 e. The van der Waals surface area contributed by atoms with E-state index >= 15 is 0 Å². The summed E-state index contributed by atoms with van der Waals surface area (Å²) in [5.41, 5.74) is 2.24. The van der Waals surface area contributed by atoms with Gasteiger partial charge in [-0.3, -0.25) is 10.0 Å². The number of nitrogens with one attached hydrogen (secondary N) is 1. The Morgan fingerprint density at radius 3 is 2.76 bits per heavy atom. The molecule has 0 bridgehead atoms. The van der Waals surface area contributed by atoms with E-state index in [1.807, 2.05) is 19.0 Å². The van der Waals surface area contributed by atoms with Gasteiger partial charge in [0, 0.05) is 38.8 Å². The molecule has 0 saturated heterocycles. The molecule has 1 amide bonds. The monoisotopic (exact) mass is 402 g/mol. The van der Waals surface area contributed by atoms with Gasteiger partial charge in [-0.1, -0.05) is 50.1 Å². The van der Waals surface area contributed by atoms with E-state index in [1.165, 1.54) is 32.1 Å². The molecule has 1 saturated carbocycles. The van der Waals surface area contributed by atoms with Crippen LogP contribution >= 0.6 is 0 Å². The van der Waals surface area contributed by atoms with E-state index in [-0.39, 0.29) is 12.3 Å². The molecule has 1 fully saturated rings. The van der Waals surface area contributed by atoms with Gasteiger partial charge in [0.2, 0.25) is 17.6 Å². The minimum atomic E-state index is -0.458. The quantitative estimate of drug-likeness (QED) is 0.484. The molecule has 158 valence electrons. The highest BCUT2D eigenvalue weighted by Gasteiger charge is 2.25. The first-order valence-electron chi connectivity index (χ1n) is 10.3. The molecule has 0 spiro atoms. The van der Waals surface area contributed by atoms with Crippen molar-refractivity contribution in [2.24, 2.45) is 5.92 Å². The number of nitrogens with zero attached hydrogens (tertiary/aromatic N) is 5. The van der Waals surface area contributed by atoms with E-state index in [0.717, 1.165) is 25.2 Å². The summed E-state index contributed by atoms with van der Waals surface area (Å²) in [6.45, 7) is 0. The number of hydrogen-bond acceptors (Lipinski definition) is 8. The highest BCUT2D eigenvalue weighted by atomic mass is 16.5. The van der Waals surface area contributed by atoms with Gasteiger partial charge >= 0.3 is 0 Å². The second-order valence-corrected chi connectivity index (χ2v) is 7.95. The second-order valence-electron chi connectivity index (χ2n) is 7.95. The molecule has 29 heavy (non-hydrogen) atoms. The van der Waals surface area contributed by atoms with Gasteiger partial charge in [0.15, 0.2) is 11.5 Å². The van der Waals surface area contributed by atoms with Gasteiger partial charge in [0.05, 0.1) is 0 Å². The zero-order chi connectivity index (χ0) is 20.6. The zero-order valence-electron chi connectivity index (χ0n) is 17.2. The number of amides is 1. The van der Waals surface area contributed by atoms with Gasteiger partial charge in [-0.2, -0.15) is 4.98 Å². The molecule has 2 aromatic heterocycles. The first kappa shape index (κ1) is 21.2. The van der Waals surface area contributed by atoms with Gasteiger partial charge < -0.3 is 9.42 Å². The predicted octanol–water partition coefficient (Wildman–Crippen LogP) is 3.32. The molecule has 1 aliphatic rings. The summed E-state index contributed by atoms with van der Waals surface area (Å²) >= 11 is 0. The average molecular weight is 402 g/mol. The molecule has 2 aromatic rings. The fourth-order valence-corrected chi connectivity index (χ4v) is 4.02. The maximum absolute atomic E-state index is 11.8. The molecule has 0 radical (unpaired) electrons. The van der Waals surface area contributed by atoms with Crippen molar-refractivity contribution < 1.29 is 14.5 Å². The summed E-state index contributed by atoms with van der Waals surface area (Å²) in [4.78, 5) is 26.8. The van der Waals surface area contributed by atoms with Crippen molar-refractivity contribution in [3.63, 3.8) is 0 Å². The zero-order valence-corrected chi connectivity index (χ0v) is 17.2. The third-order valence-electron chi connectivity index (χ3n) is 5.55. The van der Waals surface area contributed by atoms with E-state index in [9.17, 15) is 4.79 Å². The molecule has 0 aromatic carbocycles. The Kier molecular flexibility index (Phi) is 7.51. The minimum absolute atomic E-state index is 0.101. The van der Waals surface area contributed by atoms with Crippen LogP contribution in [-0.2, 0) is 4.79 Å². The van der Waals surface area contributed by atoms with Crippen molar-refractivity contribution in [1.82, 2.24) is 25.6 Å². The maximum atomic E-state index is 11.8. The Balaban J connectivity index is 1.71. The highest BCUT2D eigenvalue weighted by molar-refractivity contribution is 5.75. The molecule has 9 nitrogen and oxygen atoms in total. The molecule has 9 heteroatoms. The van der Waals surface area contributed by atoms with Gasteiger partial charge in [0.25, 0.3) is 0 Å². The predicted molar refractivity (Wildman–Crippen MR) is 107 cm³/mol.